The Bertz CT molecular complexity index is 1030. The zero-order chi connectivity index (χ0) is 18.6. The first-order valence-corrected chi connectivity index (χ1v) is 8.92. The summed E-state index contributed by atoms with van der Waals surface area (Å²) < 4.78 is 7.07. The van der Waals surface area contributed by atoms with Gasteiger partial charge in [0.15, 0.2) is 5.78 Å². The molecule has 0 fully saturated rings. The predicted octanol–water partition coefficient (Wildman–Crippen LogP) is 2.91. The standard InChI is InChI=1S/C22H20N2O3/c25-21(17-6-7-18-12-23-13-19(18)10-17)14-24-9-8-20(11-22(24)26)27-15-16-4-2-1-3-5-16/h1-11,23H,12-15H2. The minimum absolute atomic E-state index is 0.0179. The van der Waals surface area contributed by atoms with Gasteiger partial charge < -0.3 is 14.6 Å². The van der Waals surface area contributed by atoms with Crippen LogP contribution in [-0.4, -0.2) is 10.4 Å². The van der Waals surface area contributed by atoms with Crippen molar-refractivity contribution in [3.05, 3.63) is 99.5 Å². The van der Waals surface area contributed by atoms with Crippen LogP contribution in [0, 0.1) is 0 Å². The fourth-order valence-corrected chi connectivity index (χ4v) is 3.17. The van der Waals surface area contributed by atoms with E-state index in [1.54, 1.807) is 12.3 Å². The molecule has 1 aromatic heterocycles. The van der Waals surface area contributed by atoms with Gasteiger partial charge in [-0.2, -0.15) is 0 Å². The number of hydrogen-bond acceptors (Lipinski definition) is 4. The molecule has 0 radical (unpaired) electrons. The molecule has 27 heavy (non-hydrogen) atoms. The third-order valence-electron chi connectivity index (χ3n) is 4.69. The zero-order valence-corrected chi connectivity index (χ0v) is 14.9. The highest BCUT2D eigenvalue weighted by Crippen LogP contribution is 2.18. The number of benzene rings is 2. The molecule has 1 aliphatic rings. The smallest absolute Gasteiger partial charge is 0.254 e. The predicted molar refractivity (Wildman–Crippen MR) is 103 cm³/mol. The molecule has 0 amide bonds. The summed E-state index contributed by atoms with van der Waals surface area (Å²) in [7, 11) is 0. The molecular weight excluding hydrogens is 340 g/mol. The van der Waals surface area contributed by atoms with E-state index < -0.39 is 0 Å². The number of Topliss-reactive ketones (excluding diaryl/α,β-unsaturated/α-hetero) is 1. The lowest BCUT2D eigenvalue weighted by atomic mass is 10.0. The Labute approximate surface area is 157 Å². The number of ether oxygens (including phenoxy) is 1. The van der Waals surface area contributed by atoms with Crippen molar-refractivity contribution in [3.63, 3.8) is 0 Å². The van der Waals surface area contributed by atoms with Crippen molar-refractivity contribution in [3.8, 4) is 5.75 Å². The van der Waals surface area contributed by atoms with Gasteiger partial charge in [0.1, 0.15) is 12.4 Å². The van der Waals surface area contributed by atoms with Crippen molar-refractivity contribution >= 4 is 5.78 Å². The Morgan fingerprint density at radius 2 is 1.81 bits per heavy atom. The van der Waals surface area contributed by atoms with Crippen molar-refractivity contribution in [2.24, 2.45) is 0 Å². The number of nitrogens with one attached hydrogen (secondary N) is 1. The minimum Gasteiger partial charge on any atom is -0.489 e. The summed E-state index contributed by atoms with van der Waals surface area (Å²) in [6, 6.07) is 18.6. The molecule has 136 valence electrons. The topological polar surface area (TPSA) is 60.3 Å². The summed E-state index contributed by atoms with van der Waals surface area (Å²) >= 11 is 0. The molecule has 0 spiro atoms. The molecule has 0 bridgehead atoms. The largest absolute Gasteiger partial charge is 0.489 e. The van der Waals surface area contributed by atoms with Gasteiger partial charge in [-0.3, -0.25) is 9.59 Å². The number of nitrogens with zero attached hydrogens (tertiary/aromatic N) is 1. The van der Waals surface area contributed by atoms with Crippen molar-refractivity contribution in [2.75, 3.05) is 0 Å². The summed E-state index contributed by atoms with van der Waals surface area (Å²) in [5.41, 5.74) is 3.79. The quantitative estimate of drug-likeness (QED) is 0.687. The SMILES string of the molecule is O=C(Cn1ccc(OCc2ccccc2)cc1=O)c1ccc2c(c1)CNC2. The molecule has 0 unspecified atom stereocenters. The maximum atomic E-state index is 12.6. The molecule has 1 N–H and O–H groups in total. The number of aromatic nitrogens is 1. The molecule has 1 aliphatic heterocycles. The van der Waals surface area contributed by atoms with E-state index in [4.69, 9.17) is 4.74 Å². The average Bonchev–Trinajstić information content (AvgIpc) is 3.17. The number of rotatable bonds is 6. The Hall–Kier alpha value is -3.18. The normalized spacial score (nSPS) is 12.6. The Morgan fingerprint density at radius 3 is 2.63 bits per heavy atom. The third kappa shape index (κ3) is 3.99. The van der Waals surface area contributed by atoms with Crippen LogP contribution in [0.1, 0.15) is 27.0 Å². The first-order valence-electron chi connectivity index (χ1n) is 8.92. The number of carbonyl (C=O) groups excluding carboxylic acids is 1. The van der Waals surface area contributed by atoms with Crippen molar-refractivity contribution in [1.82, 2.24) is 9.88 Å². The Kier molecular flexibility index (Phi) is 4.85. The second-order valence-electron chi connectivity index (χ2n) is 6.61. The van der Waals surface area contributed by atoms with Gasteiger partial charge in [0, 0.05) is 30.9 Å². The maximum Gasteiger partial charge on any atom is 0.254 e. The summed E-state index contributed by atoms with van der Waals surface area (Å²) in [6.45, 7) is 2.04. The monoisotopic (exact) mass is 360 g/mol. The second-order valence-corrected chi connectivity index (χ2v) is 6.61. The summed E-state index contributed by atoms with van der Waals surface area (Å²) in [4.78, 5) is 24.9. The van der Waals surface area contributed by atoms with E-state index >= 15 is 0 Å². The molecule has 5 nitrogen and oxygen atoms in total. The maximum absolute atomic E-state index is 12.6. The van der Waals surface area contributed by atoms with E-state index in [9.17, 15) is 9.59 Å². The number of fused-ring (bicyclic) bond motifs is 1. The molecule has 0 atom stereocenters. The van der Waals surface area contributed by atoms with E-state index in [0.717, 1.165) is 24.2 Å². The molecule has 0 aliphatic carbocycles. The van der Waals surface area contributed by atoms with Crippen molar-refractivity contribution in [1.29, 1.82) is 0 Å². The van der Waals surface area contributed by atoms with Crippen LogP contribution in [0.15, 0.2) is 71.7 Å². The van der Waals surface area contributed by atoms with E-state index in [0.29, 0.717) is 17.9 Å². The number of carbonyl (C=O) groups is 1. The molecule has 3 aromatic rings. The minimum atomic E-state index is -0.253. The van der Waals surface area contributed by atoms with Crippen molar-refractivity contribution in [2.45, 2.75) is 26.2 Å². The highest BCUT2D eigenvalue weighted by molar-refractivity contribution is 5.96. The first-order chi connectivity index (χ1) is 13.2. The highest BCUT2D eigenvalue weighted by atomic mass is 16.5. The zero-order valence-electron chi connectivity index (χ0n) is 14.9. The van der Waals surface area contributed by atoms with Gasteiger partial charge in [0.2, 0.25) is 0 Å². The lowest BCUT2D eigenvalue weighted by Crippen LogP contribution is -2.23. The van der Waals surface area contributed by atoms with Crippen LogP contribution in [0.3, 0.4) is 0 Å². The molecule has 4 rings (SSSR count). The second kappa shape index (κ2) is 7.60. The van der Waals surface area contributed by atoms with Gasteiger partial charge in [0.05, 0.1) is 6.54 Å². The Balaban J connectivity index is 1.43. The summed E-state index contributed by atoms with van der Waals surface area (Å²) in [5.74, 6) is 0.418. The summed E-state index contributed by atoms with van der Waals surface area (Å²) in [6.07, 6.45) is 1.61. The molecule has 0 saturated carbocycles. The third-order valence-corrected chi connectivity index (χ3v) is 4.69. The highest BCUT2D eigenvalue weighted by Gasteiger charge is 2.14. The molecule has 2 aromatic carbocycles. The number of ketones is 1. The van der Waals surface area contributed by atoms with Gasteiger partial charge in [0.25, 0.3) is 5.56 Å². The number of pyridine rings is 1. The fourth-order valence-electron chi connectivity index (χ4n) is 3.17. The van der Waals surface area contributed by atoms with Gasteiger partial charge in [-0.25, -0.2) is 0 Å². The molecule has 5 heteroatoms. The summed E-state index contributed by atoms with van der Waals surface area (Å²) in [5, 5.41) is 3.26. The van der Waals surface area contributed by atoms with Crippen LogP contribution in [0.2, 0.25) is 0 Å². The van der Waals surface area contributed by atoms with Crippen LogP contribution < -0.4 is 15.6 Å². The Morgan fingerprint density at radius 1 is 1.00 bits per heavy atom. The van der Waals surface area contributed by atoms with E-state index in [1.165, 1.54) is 16.2 Å². The van der Waals surface area contributed by atoms with Crippen LogP contribution >= 0.6 is 0 Å². The van der Waals surface area contributed by atoms with Crippen LogP contribution in [-0.2, 0) is 26.2 Å². The van der Waals surface area contributed by atoms with Gasteiger partial charge in [-0.05, 0) is 28.8 Å². The van der Waals surface area contributed by atoms with Crippen LogP contribution in [0.5, 0.6) is 5.75 Å². The fraction of sp³-hybridized carbons (Fsp3) is 0.182. The lowest BCUT2D eigenvalue weighted by molar-refractivity contribution is 0.0970. The van der Waals surface area contributed by atoms with E-state index in [1.807, 2.05) is 48.5 Å². The first kappa shape index (κ1) is 17.2. The van der Waals surface area contributed by atoms with Crippen LogP contribution in [0.4, 0.5) is 0 Å². The molecular formula is C22H20N2O3. The lowest BCUT2D eigenvalue weighted by Gasteiger charge is -2.09. The van der Waals surface area contributed by atoms with Crippen molar-refractivity contribution < 1.29 is 9.53 Å². The van der Waals surface area contributed by atoms with Gasteiger partial charge in [-0.1, -0.05) is 42.5 Å². The van der Waals surface area contributed by atoms with Gasteiger partial charge in [-0.15, -0.1) is 0 Å². The van der Waals surface area contributed by atoms with E-state index in [2.05, 4.69) is 5.32 Å². The molecule has 0 saturated heterocycles. The number of hydrogen-bond donors (Lipinski definition) is 1. The average molecular weight is 360 g/mol. The molecule has 2 heterocycles. The van der Waals surface area contributed by atoms with Gasteiger partial charge >= 0.3 is 0 Å². The van der Waals surface area contributed by atoms with Crippen LogP contribution in [0.25, 0.3) is 0 Å². The van der Waals surface area contributed by atoms with E-state index in [-0.39, 0.29) is 17.9 Å².